The van der Waals surface area contributed by atoms with Gasteiger partial charge in [-0.2, -0.15) is 0 Å². The molecule has 0 fully saturated rings. The Balaban J connectivity index is 2.04. The molecule has 0 aromatic heterocycles. The second kappa shape index (κ2) is 8.78. The first-order valence-corrected chi connectivity index (χ1v) is 10.2. The van der Waals surface area contributed by atoms with E-state index >= 15 is 0 Å². The minimum absolute atomic E-state index is 0.0150. The van der Waals surface area contributed by atoms with Crippen molar-refractivity contribution in [2.24, 2.45) is 0 Å². The zero-order chi connectivity index (χ0) is 21.1. The highest BCUT2D eigenvalue weighted by Gasteiger charge is 2.41. The zero-order valence-electron chi connectivity index (χ0n) is 16.4. The number of rotatable bonds is 7. The van der Waals surface area contributed by atoms with Crippen LogP contribution in [-0.4, -0.2) is 23.7 Å². The maximum absolute atomic E-state index is 14.3. The van der Waals surface area contributed by atoms with Gasteiger partial charge in [-0.05, 0) is 36.2 Å². The summed E-state index contributed by atoms with van der Waals surface area (Å²) >= 11 is 1.22. The average molecular weight is 417 g/mol. The lowest BCUT2D eigenvalue weighted by atomic mass is 10.1. The first-order valence-electron chi connectivity index (χ1n) is 9.31. The summed E-state index contributed by atoms with van der Waals surface area (Å²) in [5, 5.41) is 0.0150. The van der Waals surface area contributed by atoms with E-state index in [1.807, 2.05) is 20.8 Å². The van der Waals surface area contributed by atoms with Gasteiger partial charge >= 0.3 is 0 Å². The molecule has 0 saturated heterocycles. The molecule has 1 heterocycles. The van der Waals surface area contributed by atoms with Gasteiger partial charge in [0.2, 0.25) is 0 Å². The van der Waals surface area contributed by atoms with Crippen LogP contribution in [0.1, 0.15) is 32.8 Å². The molecule has 29 heavy (non-hydrogen) atoms. The normalized spacial score (nSPS) is 14.3. The standard InChI is InChI=1S/C22H21F2NO3S/c1-4-11-28-16-8-5-14(6-9-16)19-20(29-13(2)3)22(27)25(21(19)26)18-12-15(23)7-10-17(18)24/h5-10,12-13H,4,11H2,1-3H3. The summed E-state index contributed by atoms with van der Waals surface area (Å²) in [5.41, 5.74) is 0.314. The SMILES string of the molecule is CCCOc1ccc(C2=C(SC(C)C)C(=O)N(c3cc(F)ccc3F)C2=O)cc1. The number of imide groups is 1. The number of thioether (sulfide) groups is 1. The fourth-order valence-electron chi connectivity index (χ4n) is 2.92. The van der Waals surface area contributed by atoms with Crippen LogP contribution in [0, 0.1) is 11.6 Å². The van der Waals surface area contributed by atoms with E-state index in [1.54, 1.807) is 24.3 Å². The number of amides is 2. The van der Waals surface area contributed by atoms with Gasteiger partial charge < -0.3 is 4.74 Å². The van der Waals surface area contributed by atoms with E-state index in [-0.39, 0.29) is 21.4 Å². The summed E-state index contributed by atoms with van der Waals surface area (Å²) in [4.78, 5) is 27.1. The number of carbonyl (C=O) groups excluding carboxylic acids is 2. The lowest BCUT2D eigenvalue weighted by Crippen LogP contribution is -2.32. The monoisotopic (exact) mass is 417 g/mol. The Morgan fingerprint density at radius 1 is 1.03 bits per heavy atom. The summed E-state index contributed by atoms with van der Waals surface area (Å²) in [6.07, 6.45) is 0.864. The molecule has 152 valence electrons. The van der Waals surface area contributed by atoms with E-state index in [2.05, 4.69) is 0 Å². The Morgan fingerprint density at radius 2 is 1.72 bits per heavy atom. The molecule has 2 aromatic rings. The van der Waals surface area contributed by atoms with E-state index in [0.29, 0.717) is 22.8 Å². The molecule has 1 aliphatic rings. The van der Waals surface area contributed by atoms with Gasteiger partial charge in [-0.15, -0.1) is 11.8 Å². The number of halogens is 2. The van der Waals surface area contributed by atoms with Gasteiger partial charge in [-0.3, -0.25) is 9.59 Å². The van der Waals surface area contributed by atoms with Crippen LogP contribution in [0.4, 0.5) is 14.5 Å². The van der Waals surface area contributed by atoms with Crippen LogP contribution in [0.2, 0.25) is 0 Å². The fraction of sp³-hybridized carbons (Fsp3) is 0.273. The largest absolute Gasteiger partial charge is 0.494 e. The molecule has 0 aliphatic carbocycles. The smallest absolute Gasteiger partial charge is 0.272 e. The van der Waals surface area contributed by atoms with E-state index < -0.39 is 23.4 Å². The van der Waals surface area contributed by atoms with Crippen LogP contribution in [-0.2, 0) is 9.59 Å². The van der Waals surface area contributed by atoms with Crippen molar-refractivity contribution in [1.29, 1.82) is 0 Å². The van der Waals surface area contributed by atoms with Gasteiger partial charge in [0.1, 0.15) is 17.4 Å². The van der Waals surface area contributed by atoms with Gasteiger partial charge in [-0.25, -0.2) is 13.7 Å². The van der Waals surface area contributed by atoms with Crippen molar-refractivity contribution in [3.05, 3.63) is 64.6 Å². The molecule has 0 bridgehead atoms. The predicted octanol–water partition coefficient (Wildman–Crippen LogP) is 5.18. The molecular weight excluding hydrogens is 396 g/mol. The Hall–Kier alpha value is -2.67. The Kier molecular flexibility index (Phi) is 6.37. The third-order valence-corrected chi connectivity index (χ3v) is 5.25. The molecule has 0 saturated carbocycles. The van der Waals surface area contributed by atoms with Gasteiger partial charge in [0, 0.05) is 11.3 Å². The third-order valence-electron chi connectivity index (χ3n) is 4.16. The van der Waals surface area contributed by atoms with E-state index in [9.17, 15) is 18.4 Å². The first-order chi connectivity index (χ1) is 13.8. The van der Waals surface area contributed by atoms with Gasteiger partial charge in [0.15, 0.2) is 0 Å². The van der Waals surface area contributed by atoms with Crippen molar-refractivity contribution in [2.75, 3.05) is 11.5 Å². The van der Waals surface area contributed by atoms with Crippen LogP contribution in [0.15, 0.2) is 47.4 Å². The van der Waals surface area contributed by atoms with E-state index in [1.165, 1.54) is 11.8 Å². The summed E-state index contributed by atoms with van der Waals surface area (Å²) in [5.74, 6) is -2.25. The van der Waals surface area contributed by atoms with Crippen molar-refractivity contribution in [2.45, 2.75) is 32.4 Å². The van der Waals surface area contributed by atoms with Crippen molar-refractivity contribution in [3.63, 3.8) is 0 Å². The maximum atomic E-state index is 14.3. The molecule has 0 N–H and O–H groups in total. The number of nitrogens with zero attached hydrogens (tertiary/aromatic N) is 1. The van der Waals surface area contributed by atoms with E-state index in [0.717, 1.165) is 24.6 Å². The molecule has 1 aliphatic heterocycles. The first kappa shape index (κ1) is 21.0. The minimum atomic E-state index is -0.841. The van der Waals surface area contributed by atoms with E-state index in [4.69, 9.17) is 4.74 Å². The number of carbonyl (C=O) groups is 2. The molecule has 0 unspecified atom stereocenters. The van der Waals surface area contributed by atoms with Crippen molar-refractivity contribution in [3.8, 4) is 5.75 Å². The van der Waals surface area contributed by atoms with Gasteiger partial charge in [0.05, 0.1) is 22.8 Å². The molecule has 0 atom stereocenters. The molecule has 2 amide bonds. The second-order valence-electron chi connectivity index (χ2n) is 6.79. The summed E-state index contributed by atoms with van der Waals surface area (Å²) in [7, 11) is 0. The van der Waals surface area contributed by atoms with Crippen LogP contribution < -0.4 is 9.64 Å². The van der Waals surface area contributed by atoms with Crippen molar-refractivity contribution in [1.82, 2.24) is 0 Å². The molecule has 3 rings (SSSR count). The Morgan fingerprint density at radius 3 is 2.34 bits per heavy atom. The second-order valence-corrected chi connectivity index (χ2v) is 8.37. The van der Waals surface area contributed by atoms with Crippen LogP contribution in [0.5, 0.6) is 5.75 Å². The van der Waals surface area contributed by atoms with Crippen molar-refractivity contribution < 1.29 is 23.1 Å². The highest BCUT2D eigenvalue weighted by molar-refractivity contribution is 8.04. The Bertz CT molecular complexity index is 971. The number of benzene rings is 2. The van der Waals surface area contributed by atoms with Gasteiger partial charge in [0.25, 0.3) is 11.8 Å². The maximum Gasteiger partial charge on any atom is 0.272 e. The summed E-state index contributed by atoms with van der Waals surface area (Å²) < 4.78 is 33.5. The topological polar surface area (TPSA) is 46.6 Å². The molecule has 4 nitrogen and oxygen atoms in total. The molecule has 2 aromatic carbocycles. The quantitative estimate of drug-likeness (QED) is 0.583. The number of hydrogen-bond acceptors (Lipinski definition) is 4. The average Bonchev–Trinajstić information content (AvgIpc) is 2.92. The number of hydrogen-bond donors (Lipinski definition) is 0. The zero-order valence-corrected chi connectivity index (χ0v) is 17.2. The lowest BCUT2D eigenvalue weighted by molar-refractivity contribution is -0.119. The summed E-state index contributed by atoms with van der Waals surface area (Å²) in [6, 6.07) is 9.52. The summed E-state index contributed by atoms with van der Waals surface area (Å²) in [6.45, 7) is 6.35. The lowest BCUT2D eigenvalue weighted by Gasteiger charge is -2.16. The minimum Gasteiger partial charge on any atom is -0.494 e. The van der Waals surface area contributed by atoms with Crippen molar-refractivity contribution >= 4 is 34.8 Å². The highest BCUT2D eigenvalue weighted by Crippen LogP contribution is 2.40. The third kappa shape index (κ3) is 4.34. The van der Waals surface area contributed by atoms with Crippen LogP contribution in [0.3, 0.4) is 0 Å². The molecule has 0 radical (unpaired) electrons. The Labute approximate surface area is 172 Å². The fourth-order valence-corrected chi connectivity index (χ4v) is 3.91. The number of ether oxygens (including phenoxy) is 1. The number of anilines is 1. The van der Waals surface area contributed by atoms with Crippen LogP contribution in [0.25, 0.3) is 5.57 Å². The highest BCUT2D eigenvalue weighted by atomic mass is 32.2. The predicted molar refractivity (Wildman–Crippen MR) is 111 cm³/mol. The molecule has 7 heteroatoms. The molecule has 0 spiro atoms. The van der Waals surface area contributed by atoms with Crippen LogP contribution >= 0.6 is 11.8 Å². The van der Waals surface area contributed by atoms with Gasteiger partial charge in [-0.1, -0.05) is 32.9 Å². The molecular formula is C22H21F2NO3S.